The van der Waals surface area contributed by atoms with Crippen molar-refractivity contribution >= 4 is 22.5 Å². The third-order valence-electron chi connectivity index (χ3n) is 5.67. The molecular weight excluding hydrogens is 388 g/mol. The van der Waals surface area contributed by atoms with Crippen LogP contribution in [0, 0.1) is 5.92 Å². The van der Waals surface area contributed by atoms with Crippen molar-refractivity contribution in [3.05, 3.63) is 53.1 Å². The van der Waals surface area contributed by atoms with Gasteiger partial charge in [-0.1, -0.05) is 23.7 Å². The van der Waals surface area contributed by atoms with E-state index in [1.807, 2.05) is 36.4 Å². The molecule has 5 nitrogen and oxygen atoms in total. The molecule has 150 valence electrons. The van der Waals surface area contributed by atoms with Crippen LogP contribution in [0.3, 0.4) is 0 Å². The molecule has 0 saturated carbocycles. The molecule has 3 heterocycles. The third-order valence-corrected chi connectivity index (χ3v) is 5.92. The van der Waals surface area contributed by atoms with E-state index < -0.39 is 0 Å². The average Bonchev–Trinajstić information content (AvgIpc) is 3.36. The zero-order valence-electron chi connectivity index (χ0n) is 16.4. The van der Waals surface area contributed by atoms with Crippen LogP contribution in [0.25, 0.3) is 22.2 Å². The number of hydrogen-bond acceptors (Lipinski definition) is 5. The number of halogens is 1. The second-order valence-corrected chi connectivity index (χ2v) is 8.18. The number of fused-ring (bicyclic) bond motifs is 2. The minimum Gasteiger partial charge on any atom is -0.454 e. The van der Waals surface area contributed by atoms with Crippen molar-refractivity contribution < 1.29 is 14.2 Å². The van der Waals surface area contributed by atoms with Crippen molar-refractivity contribution in [3.8, 4) is 22.8 Å². The lowest BCUT2D eigenvalue weighted by Gasteiger charge is -2.19. The van der Waals surface area contributed by atoms with E-state index in [0.717, 1.165) is 64.9 Å². The number of aromatic nitrogens is 1. The summed E-state index contributed by atoms with van der Waals surface area (Å²) in [7, 11) is 1.78. The van der Waals surface area contributed by atoms with E-state index in [4.69, 9.17) is 30.8 Å². The number of likely N-dealkylation sites (tertiary alicyclic amines) is 1. The van der Waals surface area contributed by atoms with Crippen molar-refractivity contribution in [2.24, 2.45) is 5.92 Å². The third kappa shape index (κ3) is 3.78. The number of pyridine rings is 1. The standard InChI is InChI=1S/C23H23ClN2O3/c1-27-13-15-6-7-26(11-15)12-18-8-17-9-21-22(29-14-28-21)10-20(17)25-23(18)16-2-4-19(24)5-3-16/h2-5,8-10,15H,6-7,11-14H2,1H3/t15-/m1/s1. The fraction of sp³-hybridized carbons (Fsp3) is 0.348. The lowest BCUT2D eigenvalue weighted by molar-refractivity contribution is 0.152. The fourth-order valence-electron chi connectivity index (χ4n) is 4.26. The van der Waals surface area contributed by atoms with Crippen LogP contribution >= 0.6 is 11.6 Å². The molecule has 0 N–H and O–H groups in total. The first-order valence-corrected chi connectivity index (χ1v) is 10.3. The van der Waals surface area contributed by atoms with Crippen molar-refractivity contribution in [1.29, 1.82) is 0 Å². The first-order chi connectivity index (χ1) is 14.2. The Morgan fingerprint density at radius 1 is 1.14 bits per heavy atom. The monoisotopic (exact) mass is 410 g/mol. The highest BCUT2D eigenvalue weighted by atomic mass is 35.5. The highest BCUT2D eigenvalue weighted by Crippen LogP contribution is 2.37. The topological polar surface area (TPSA) is 43.8 Å². The maximum absolute atomic E-state index is 6.11. The first-order valence-electron chi connectivity index (χ1n) is 9.90. The smallest absolute Gasteiger partial charge is 0.231 e. The van der Waals surface area contributed by atoms with Gasteiger partial charge in [-0.2, -0.15) is 0 Å². The Morgan fingerprint density at radius 3 is 2.72 bits per heavy atom. The van der Waals surface area contributed by atoms with Gasteiger partial charge in [0.25, 0.3) is 0 Å². The first kappa shape index (κ1) is 18.7. The van der Waals surface area contributed by atoms with E-state index in [9.17, 15) is 0 Å². The predicted molar refractivity (Wildman–Crippen MR) is 114 cm³/mol. The molecular formula is C23H23ClN2O3. The van der Waals surface area contributed by atoms with Crippen LogP contribution < -0.4 is 9.47 Å². The maximum atomic E-state index is 6.11. The van der Waals surface area contributed by atoms with Gasteiger partial charge in [-0.3, -0.25) is 4.90 Å². The normalized spacial score (nSPS) is 18.6. The van der Waals surface area contributed by atoms with Crippen molar-refractivity contribution in [3.63, 3.8) is 0 Å². The van der Waals surface area contributed by atoms with E-state index in [1.165, 1.54) is 12.0 Å². The van der Waals surface area contributed by atoms with Crippen LogP contribution in [0.15, 0.2) is 42.5 Å². The zero-order chi connectivity index (χ0) is 19.8. The van der Waals surface area contributed by atoms with Crippen molar-refractivity contribution in [1.82, 2.24) is 9.88 Å². The van der Waals surface area contributed by atoms with Gasteiger partial charge < -0.3 is 14.2 Å². The SMILES string of the molecule is COC[C@@H]1CCN(Cc2cc3cc4c(cc3nc2-c2ccc(Cl)cc2)OCO4)C1. The largest absolute Gasteiger partial charge is 0.454 e. The molecule has 2 aliphatic heterocycles. The summed E-state index contributed by atoms with van der Waals surface area (Å²) in [5.74, 6) is 2.13. The molecule has 1 saturated heterocycles. The lowest BCUT2D eigenvalue weighted by atomic mass is 10.0. The summed E-state index contributed by atoms with van der Waals surface area (Å²) in [6.07, 6.45) is 1.17. The van der Waals surface area contributed by atoms with Gasteiger partial charge in [0.15, 0.2) is 11.5 Å². The molecule has 1 atom stereocenters. The average molecular weight is 411 g/mol. The Labute approximate surface area is 175 Å². The summed E-state index contributed by atoms with van der Waals surface area (Å²) in [5, 5.41) is 1.79. The van der Waals surface area contributed by atoms with E-state index in [-0.39, 0.29) is 6.79 Å². The van der Waals surface area contributed by atoms with Crippen LogP contribution in [-0.4, -0.2) is 43.5 Å². The Hall–Kier alpha value is -2.34. The van der Waals surface area contributed by atoms with Gasteiger partial charge >= 0.3 is 0 Å². The van der Waals surface area contributed by atoms with E-state index in [1.54, 1.807) is 7.11 Å². The molecule has 2 aromatic carbocycles. The van der Waals surface area contributed by atoms with Crippen molar-refractivity contribution in [2.45, 2.75) is 13.0 Å². The van der Waals surface area contributed by atoms with Crippen LogP contribution in [0.5, 0.6) is 11.5 Å². The van der Waals surface area contributed by atoms with Crippen molar-refractivity contribution in [2.75, 3.05) is 33.6 Å². The molecule has 0 spiro atoms. The number of ether oxygens (including phenoxy) is 3. The molecule has 0 unspecified atom stereocenters. The van der Waals surface area contributed by atoms with E-state index in [0.29, 0.717) is 5.92 Å². The number of nitrogens with zero attached hydrogens (tertiary/aromatic N) is 2. The minimum atomic E-state index is 0.261. The molecule has 2 aliphatic rings. The number of methoxy groups -OCH3 is 1. The maximum Gasteiger partial charge on any atom is 0.231 e. The van der Waals surface area contributed by atoms with Crippen LogP contribution in [-0.2, 0) is 11.3 Å². The fourth-order valence-corrected chi connectivity index (χ4v) is 4.38. The molecule has 5 rings (SSSR count). The highest BCUT2D eigenvalue weighted by molar-refractivity contribution is 6.30. The molecule has 29 heavy (non-hydrogen) atoms. The molecule has 6 heteroatoms. The van der Waals surface area contributed by atoms with Gasteiger partial charge in [0, 0.05) is 42.2 Å². The molecule has 1 fully saturated rings. The molecule has 1 aromatic heterocycles. The molecule has 0 aliphatic carbocycles. The molecule has 3 aromatic rings. The Morgan fingerprint density at radius 2 is 1.93 bits per heavy atom. The Balaban J connectivity index is 1.55. The van der Waals surface area contributed by atoms with Crippen LogP contribution in [0.4, 0.5) is 0 Å². The van der Waals surface area contributed by atoms with Gasteiger partial charge in [-0.05, 0) is 48.7 Å². The van der Waals surface area contributed by atoms with Gasteiger partial charge in [0.05, 0.1) is 17.8 Å². The van der Waals surface area contributed by atoms with Gasteiger partial charge in [0.1, 0.15) is 0 Å². The second kappa shape index (κ2) is 7.82. The van der Waals surface area contributed by atoms with Crippen LogP contribution in [0.2, 0.25) is 5.02 Å². The number of hydrogen-bond donors (Lipinski definition) is 0. The summed E-state index contributed by atoms with van der Waals surface area (Å²) in [6, 6.07) is 14.1. The Bertz CT molecular complexity index is 1040. The van der Waals surface area contributed by atoms with Crippen LogP contribution in [0.1, 0.15) is 12.0 Å². The number of rotatable bonds is 5. The van der Waals surface area contributed by atoms with Gasteiger partial charge in [0.2, 0.25) is 6.79 Å². The minimum absolute atomic E-state index is 0.261. The van der Waals surface area contributed by atoms with Gasteiger partial charge in [-0.15, -0.1) is 0 Å². The van der Waals surface area contributed by atoms with E-state index in [2.05, 4.69) is 11.0 Å². The summed E-state index contributed by atoms with van der Waals surface area (Å²) in [4.78, 5) is 7.51. The predicted octanol–water partition coefficient (Wildman–Crippen LogP) is 4.75. The Kier molecular flexibility index (Phi) is 5.04. The summed E-state index contributed by atoms with van der Waals surface area (Å²) in [6.45, 7) is 4.06. The zero-order valence-corrected chi connectivity index (χ0v) is 17.1. The summed E-state index contributed by atoms with van der Waals surface area (Å²) < 4.78 is 16.5. The van der Waals surface area contributed by atoms with E-state index >= 15 is 0 Å². The molecule has 0 amide bonds. The second-order valence-electron chi connectivity index (χ2n) is 7.75. The van der Waals surface area contributed by atoms with Gasteiger partial charge in [-0.25, -0.2) is 4.98 Å². The summed E-state index contributed by atoms with van der Waals surface area (Å²) in [5.41, 5.74) is 4.17. The molecule has 0 bridgehead atoms. The highest BCUT2D eigenvalue weighted by Gasteiger charge is 2.24. The lowest BCUT2D eigenvalue weighted by Crippen LogP contribution is -2.22. The quantitative estimate of drug-likeness (QED) is 0.607. The molecule has 0 radical (unpaired) electrons. The number of benzene rings is 2. The summed E-state index contributed by atoms with van der Waals surface area (Å²) >= 11 is 6.11.